The van der Waals surface area contributed by atoms with Crippen molar-refractivity contribution in [1.29, 1.82) is 0 Å². The van der Waals surface area contributed by atoms with Crippen molar-refractivity contribution in [3.63, 3.8) is 0 Å². The number of hydrogen-bond acceptors (Lipinski definition) is 1. The van der Waals surface area contributed by atoms with Gasteiger partial charge >= 0.3 is 0 Å². The zero-order chi connectivity index (χ0) is 14.4. The van der Waals surface area contributed by atoms with E-state index in [2.05, 4.69) is 5.32 Å². The Morgan fingerprint density at radius 1 is 1.10 bits per heavy atom. The first kappa shape index (κ1) is 14.0. The van der Waals surface area contributed by atoms with E-state index in [4.69, 9.17) is 0 Å². The third kappa shape index (κ3) is 3.79. The van der Waals surface area contributed by atoms with E-state index in [0.717, 1.165) is 5.56 Å². The van der Waals surface area contributed by atoms with E-state index >= 15 is 0 Å². The molecule has 0 saturated carbocycles. The highest BCUT2D eigenvalue weighted by atomic mass is 19.1. The highest BCUT2D eigenvalue weighted by molar-refractivity contribution is 5.92. The predicted molar refractivity (Wildman–Crippen MR) is 78.4 cm³/mol. The number of benzene rings is 2. The molecule has 0 heterocycles. The van der Waals surface area contributed by atoms with Crippen LogP contribution in [0.1, 0.15) is 24.1 Å². The summed E-state index contributed by atoms with van der Waals surface area (Å²) in [5.74, 6) is -0.586. The summed E-state index contributed by atoms with van der Waals surface area (Å²) in [6.45, 7) is 1.91. The van der Waals surface area contributed by atoms with Crippen LogP contribution in [0.5, 0.6) is 0 Å². The summed E-state index contributed by atoms with van der Waals surface area (Å²) in [6.07, 6.45) is 2.82. The van der Waals surface area contributed by atoms with Gasteiger partial charge in [0.05, 0.1) is 6.04 Å². The minimum atomic E-state index is -0.340. The van der Waals surface area contributed by atoms with Crippen LogP contribution in [0.3, 0.4) is 0 Å². The van der Waals surface area contributed by atoms with E-state index in [1.165, 1.54) is 18.2 Å². The fourth-order valence-corrected chi connectivity index (χ4v) is 1.86. The van der Waals surface area contributed by atoms with E-state index in [1.54, 1.807) is 18.2 Å². The van der Waals surface area contributed by atoms with Gasteiger partial charge in [0, 0.05) is 11.6 Å². The first-order valence-electron chi connectivity index (χ1n) is 6.45. The molecule has 102 valence electrons. The highest BCUT2D eigenvalue weighted by Crippen LogP contribution is 2.11. The third-order valence-corrected chi connectivity index (χ3v) is 2.98. The zero-order valence-corrected chi connectivity index (χ0v) is 11.2. The minimum Gasteiger partial charge on any atom is -0.346 e. The second kappa shape index (κ2) is 6.66. The molecule has 2 aromatic rings. The molecule has 0 fully saturated rings. The topological polar surface area (TPSA) is 29.1 Å². The van der Waals surface area contributed by atoms with Crippen LogP contribution in [0.15, 0.2) is 60.7 Å². The van der Waals surface area contributed by atoms with Crippen LogP contribution in [0.25, 0.3) is 6.08 Å². The molecule has 0 radical (unpaired) electrons. The van der Waals surface area contributed by atoms with Crippen molar-refractivity contribution >= 4 is 12.0 Å². The standard InChI is InChI=1S/C17H16FNO/c1-13(14-7-3-2-4-8-14)19-17(20)12-11-15-9-5-6-10-16(15)18/h2-13H,1H3,(H,19,20)/b12-11+/t13-/m1/s1. The van der Waals surface area contributed by atoms with Gasteiger partial charge < -0.3 is 5.32 Å². The van der Waals surface area contributed by atoms with Gasteiger partial charge in [0.15, 0.2) is 0 Å². The van der Waals surface area contributed by atoms with Crippen LogP contribution in [0.4, 0.5) is 4.39 Å². The molecular formula is C17H16FNO. The number of carbonyl (C=O) groups excluding carboxylic acids is 1. The maximum absolute atomic E-state index is 13.4. The van der Waals surface area contributed by atoms with Gasteiger partial charge in [-0.05, 0) is 24.6 Å². The minimum absolute atomic E-state index is 0.0889. The summed E-state index contributed by atoms with van der Waals surface area (Å²) in [5, 5.41) is 2.84. The molecule has 2 aromatic carbocycles. The number of hydrogen-bond donors (Lipinski definition) is 1. The molecule has 2 rings (SSSR count). The number of rotatable bonds is 4. The van der Waals surface area contributed by atoms with Gasteiger partial charge in [0.1, 0.15) is 5.82 Å². The van der Waals surface area contributed by atoms with Crippen molar-refractivity contribution in [1.82, 2.24) is 5.32 Å². The molecule has 3 heteroatoms. The summed E-state index contributed by atoms with van der Waals surface area (Å²) < 4.78 is 13.4. The van der Waals surface area contributed by atoms with Crippen molar-refractivity contribution < 1.29 is 9.18 Å². The summed E-state index contributed by atoms with van der Waals surface area (Å²) >= 11 is 0. The first-order chi connectivity index (χ1) is 9.66. The van der Waals surface area contributed by atoms with Gasteiger partial charge in [-0.3, -0.25) is 4.79 Å². The molecule has 1 amide bonds. The molecule has 2 nitrogen and oxygen atoms in total. The van der Waals surface area contributed by atoms with E-state index in [1.807, 2.05) is 37.3 Å². The van der Waals surface area contributed by atoms with E-state index < -0.39 is 0 Å². The predicted octanol–water partition coefficient (Wildman–Crippen LogP) is 3.72. The van der Waals surface area contributed by atoms with Crippen LogP contribution in [0, 0.1) is 5.82 Å². The van der Waals surface area contributed by atoms with Crippen LogP contribution >= 0.6 is 0 Å². The first-order valence-corrected chi connectivity index (χ1v) is 6.45. The normalized spacial score (nSPS) is 12.3. The molecule has 0 saturated heterocycles. The van der Waals surface area contributed by atoms with Gasteiger partial charge in [0.25, 0.3) is 0 Å². The summed E-state index contributed by atoms with van der Waals surface area (Å²) in [5.41, 5.74) is 1.43. The zero-order valence-electron chi connectivity index (χ0n) is 11.2. The lowest BCUT2D eigenvalue weighted by Gasteiger charge is -2.12. The largest absolute Gasteiger partial charge is 0.346 e. The Hall–Kier alpha value is -2.42. The molecule has 0 aliphatic heterocycles. The van der Waals surface area contributed by atoms with Gasteiger partial charge in [-0.1, -0.05) is 48.5 Å². The fourth-order valence-electron chi connectivity index (χ4n) is 1.86. The van der Waals surface area contributed by atoms with Crippen LogP contribution in [-0.2, 0) is 4.79 Å². The van der Waals surface area contributed by atoms with Crippen molar-refractivity contribution in [2.45, 2.75) is 13.0 Å². The monoisotopic (exact) mass is 269 g/mol. The Labute approximate surface area is 118 Å². The van der Waals surface area contributed by atoms with Crippen molar-refractivity contribution in [2.75, 3.05) is 0 Å². The molecule has 0 aromatic heterocycles. The van der Waals surface area contributed by atoms with Crippen LogP contribution in [0.2, 0.25) is 0 Å². The van der Waals surface area contributed by atoms with Gasteiger partial charge in [-0.15, -0.1) is 0 Å². The van der Waals surface area contributed by atoms with Crippen LogP contribution in [-0.4, -0.2) is 5.91 Å². The summed E-state index contributed by atoms with van der Waals surface area (Å²) in [4.78, 5) is 11.8. The average Bonchev–Trinajstić information content (AvgIpc) is 2.47. The van der Waals surface area contributed by atoms with Gasteiger partial charge in [0.2, 0.25) is 5.91 Å². The van der Waals surface area contributed by atoms with Crippen molar-refractivity contribution in [2.24, 2.45) is 0 Å². The number of halogens is 1. The molecule has 0 unspecified atom stereocenters. The Morgan fingerprint density at radius 3 is 2.45 bits per heavy atom. The van der Waals surface area contributed by atoms with Crippen molar-refractivity contribution in [3.8, 4) is 0 Å². The fraction of sp³-hybridized carbons (Fsp3) is 0.118. The maximum atomic E-state index is 13.4. The Kier molecular flexibility index (Phi) is 4.66. The van der Waals surface area contributed by atoms with Crippen LogP contribution < -0.4 is 5.32 Å². The smallest absolute Gasteiger partial charge is 0.244 e. The lowest BCUT2D eigenvalue weighted by molar-refractivity contribution is -0.117. The second-order valence-corrected chi connectivity index (χ2v) is 4.50. The van der Waals surface area contributed by atoms with Gasteiger partial charge in [-0.25, -0.2) is 4.39 Å². The average molecular weight is 269 g/mol. The summed E-state index contributed by atoms with van der Waals surface area (Å²) in [7, 11) is 0. The number of carbonyl (C=O) groups is 1. The Balaban J connectivity index is 1.98. The molecular weight excluding hydrogens is 253 g/mol. The molecule has 20 heavy (non-hydrogen) atoms. The van der Waals surface area contributed by atoms with E-state index in [-0.39, 0.29) is 17.8 Å². The van der Waals surface area contributed by atoms with Gasteiger partial charge in [-0.2, -0.15) is 0 Å². The third-order valence-electron chi connectivity index (χ3n) is 2.98. The molecule has 1 N–H and O–H groups in total. The number of nitrogens with one attached hydrogen (secondary N) is 1. The molecule has 0 aliphatic carbocycles. The second-order valence-electron chi connectivity index (χ2n) is 4.50. The lowest BCUT2D eigenvalue weighted by Crippen LogP contribution is -2.24. The van der Waals surface area contributed by atoms with Crippen molar-refractivity contribution in [3.05, 3.63) is 77.6 Å². The SMILES string of the molecule is C[C@@H](NC(=O)/C=C/c1ccccc1F)c1ccccc1. The Bertz CT molecular complexity index is 607. The van der Waals surface area contributed by atoms with E-state index in [0.29, 0.717) is 5.56 Å². The maximum Gasteiger partial charge on any atom is 0.244 e. The quantitative estimate of drug-likeness (QED) is 0.842. The summed E-state index contributed by atoms with van der Waals surface area (Å²) in [6, 6.07) is 15.9. The van der Waals surface area contributed by atoms with E-state index in [9.17, 15) is 9.18 Å². The molecule has 0 spiro atoms. The lowest BCUT2D eigenvalue weighted by atomic mass is 10.1. The Morgan fingerprint density at radius 2 is 1.75 bits per heavy atom. The highest BCUT2D eigenvalue weighted by Gasteiger charge is 2.06. The molecule has 0 bridgehead atoms. The molecule has 1 atom stereocenters. The number of amides is 1. The molecule has 0 aliphatic rings.